The minimum absolute atomic E-state index is 0.281. The first-order valence-electron chi connectivity index (χ1n) is 3.25. The molecular formula is C7H8O4S. The van der Waals surface area contributed by atoms with Crippen LogP contribution in [0.1, 0.15) is 6.92 Å². The number of hydrogen-bond acceptors (Lipinski definition) is 3. The standard InChI is InChI=1S/C7H8O4S/c1-7(12(9,10)11)4-2-6(8)3-5-7/h2-5H,1H3,(H,9,10,11). The summed E-state index contributed by atoms with van der Waals surface area (Å²) in [5.41, 5.74) is 0. The number of ketones is 1. The maximum absolute atomic E-state index is 10.8. The van der Waals surface area contributed by atoms with Crippen LogP contribution in [0.25, 0.3) is 0 Å². The molecule has 0 saturated carbocycles. The monoisotopic (exact) mass is 188 g/mol. The van der Waals surface area contributed by atoms with Crippen LogP contribution in [0.15, 0.2) is 24.3 Å². The molecule has 12 heavy (non-hydrogen) atoms. The molecular weight excluding hydrogens is 180 g/mol. The van der Waals surface area contributed by atoms with Crippen molar-refractivity contribution in [2.75, 3.05) is 0 Å². The van der Waals surface area contributed by atoms with Crippen LogP contribution in [0.4, 0.5) is 0 Å². The lowest BCUT2D eigenvalue weighted by Gasteiger charge is -2.19. The Morgan fingerprint density at radius 1 is 1.33 bits per heavy atom. The van der Waals surface area contributed by atoms with Gasteiger partial charge in [-0.3, -0.25) is 9.35 Å². The molecule has 1 N–H and O–H groups in total. The third-order valence-electron chi connectivity index (χ3n) is 1.71. The van der Waals surface area contributed by atoms with Gasteiger partial charge in [0.05, 0.1) is 0 Å². The summed E-state index contributed by atoms with van der Waals surface area (Å²) in [7, 11) is -4.17. The number of allylic oxidation sites excluding steroid dienone is 2. The van der Waals surface area contributed by atoms with Crippen molar-refractivity contribution in [2.45, 2.75) is 11.7 Å². The van der Waals surface area contributed by atoms with E-state index in [1.807, 2.05) is 0 Å². The van der Waals surface area contributed by atoms with Crippen molar-refractivity contribution in [3.8, 4) is 0 Å². The van der Waals surface area contributed by atoms with E-state index in [1.54, 1.807) is 0 Å². The fraction of sp³-hybridized carbons (Fsp3) is 0.286. The van der Waals surface area contributed by atoms with E-state index in [0.29, 0.717) is 0 Å². The van der Waals surface area contributed by atoms with Gasteiger partial charge in [0.15, 0.2) is 5.78 Å². The molecule has 1 aliphatic carbocycles. The second-order valence-corrected chi connectivity index (χ2v) is 4.56. The second-order valence-electron chi connectivity index (χ2n) is 2.73. The fourth-order valence-corrected chi connectivity index (χ4v) is 1.26. The molecule has 0 amide bonds. The van der Waals surface area contributed by atoms with E-state index in [0.717, 1.165) is 24.3 Å². The van der Waals surface area contributed by atoms with Crippen molar-refractivity contribution >= 4 is 15.9 Å². The van der Waals surface area contributed by atoms with Crippen LogP contribution in [0.2, 0.25) is 0 Å². The van der Waals surface area contributed by atoms with Gasteiger partial charge in [-0.15, -0.1) is 0 Å². The third kappa shape index (κ3) is 1.46. The quantitative estimate of drug-likeness (QED) is 0.602. The van der Waals surface area contributed by atoms with Crippen LogP contribution >= 0.6 is 0 Å². The van der Waals surface area contributed by atoms with E-state index in [4.69, 9.17) is 4.55 Å². The van der Waals surface area contributed by atoms with Gasteiger partial charge in [0, 0.05) is 0 Å². The van der Waals surface area contributed by atoms with E-state index >= 15 is 0 Å². The van der Waals surface area contributed by atoms with Gasteiger partial charge in [-0.05, 0) is 19.1 Å². The summed E-state index contributed by atoms with van der Waals surface area (Å²) >= 11 is 0. The molecule has 5 heteroatoms. The third-order valence-corrected chi connectivity index (χ3v) is 3.10. The highest BCUT2D eigenvalue weighted by molar-refractivity contribution is 7.87. The molecule has 0 saturated heterocycles. The zero-order valence-corrected chi connectivity index (χ0v) is 7.21. The van der Waals surface area contributed by atoms with Crippen molar-refractivity contribution in [1.29, 1.82) is 0 Å². The van der Waals surface area contributed by atoms with Crippen molar-refractivity contribution in [2.24, 2.45) is 0 Å². The molecule has 0 radical (unpaired) electrons. The summed E-state index contributed by atoms with van der Waals surface area (Å²) in [5, 5.41) is 0. The zero-order chi connectivity index (χ0) is 9.41. The van der Waals surface area contributed by atoms with Gasteiger partial charge in [-0.2, -0.15) is 8.42 Å². The van der Waals surface area contributed by atoms with Crippen LogP contribution in [-0.4, -0.2) is 23.5 Å². The normalized spacial score (nSPS) is 21.3. The maximum atomic E-state index is 10.8. The predicted octanol–water partition coefficient (Wildman–Crippen LogP) is 0.328. The van der Waals surface area contributed by atoms with Crippen LogP contribution in [0.3, 0.4) is 0 Å². The highest BCUT2D eigenvalue weighted by Gasteiger charge is 2.34. The lowest BCUT2D eigenvalue weighted by molar-refractivity contribution is -0.110. The molecule has 0 spiro atoms. The van der Waals surface area contributed by atoms with E-state index in [1.165, 1.54) is 6.92 Å². The van der Waals surface area contributed by atoms with Gasteiger partial charge in [0.1, 0.15) is 4.75 Å². The van der Waals surface area contributed by atoms with Crippen molar-refractivity contribution in [3.05, 3.63) is 24.3 Å². The van der Waals surface area contributed by atoms with Crippen LogP contribution < -0.4 is 0 Å². The molecule has 0 atom stereocenters. The van der Waals surface area contributed by atoms with Gasteiger partial charge in [-0.1, -0.05) is 12.2 Å². The Hall–Kier alpha value is -0.940. The van der Waals surface area contributed by atoms with E-state index in [-0.39, 0.29) is 5.78 Å². The Morgan fingerprint density at radius 3 is 2.08 bits per heavy atom. The van der Waals surface area contributed by atoms with Gasteiger partial charge in [0.25, 0.3) is 10.1 Å². The summed E-state index contributed by atoms with van der Waals surface area (Å²) in [6.45, 7) is 1.31. The molecule has 0 unspecified atom stereocenters. The first-order chi connectivity index (χ1) is 5.35. The Bertz CT molecular complexity index is 345. The van der Waals surface area contributed by atoms with Gasteiger partial charge in [-0.25, -0.2) is 0 Å². The Labute approximate surface area is 70.3 Å². The van der Waals surface area contributed by atoms with E-state index < -0.39 is 14.9 Å². The lowest BCUT2D eigenvalue weighted by Crippen LogP contribution is -2.32. The number of hydrogen-bond donors (Lipinski definition) is 1. The molecule has 0 heterocycles. The summed E-state index contributed by atoms with van der Waals surface area (Å²) in [6.07, 6.45) is 4.55. The van der Waals surface area contributed by atoms with Crippen molar-refractivity contribution < 1.29 is 17.8 Å². The molecule has 0 aromatic carbocycles. The molecule has 1 rings (SSSR count). The largest absolute Gasteiger partial charge is 0.290 e. The second kappa shape index (κ2) is 2.53. The average Bonchev–Trinajstić information content (AvgIpc) is 1.93. The van der Waals surface area contributed by atoms with Gasteiger partial charge in [0.2, 0.25) is 0 Å². The molecule has 1 aliphatic rings. The zero-order valence-electron chi connectivity index (χ0n) is 6.39. The van der Waals surface area contributed by atoms with Crippen LogP contribution in [0.5, 0.6) is 0 Å². The summed E-state index contributed by atoms with van der Waals surface area (Å²) in [5.74, 6) is -0.281. The van der Waals surface area contributed by atoms with E-state index in [9.17, 15) is 13.2 Å². The van der Waals surface area contributed by atoms with Gasteiger partial charge < -0.3 is 0 Å². The molecule has 66 valence electrons. The number of rotatable bonds is 1. The minimum Gasteiger partial charge on any atom is -0.290 e. The fourth-order valence-electron chi connectivity index (χ4n) is 0.778. The van der Waals surface area contributed by atoms with Gasteiger partial charge >= 0.3 is 0 Å². The van der Waals surface area contributed by atoms with E-state index in [2.05, 4.69) is 0 Å². The highest BCUT2D eigenvalue weighted by Crippen LogP contribution is 2.22. The first-order valence-corrected chi connectivity index (χ1v) is 4.69. The molecule has 0 aliphatic heterocycles. The maximum Gasteiger partial charge on any atom is 0.277 e. The molecule has 4 nitrogen and oxygen atoms in total. The Morgan fingerprint density at radius 2 is 1.75 bits per heavy atom. The summed E-state index contributed by atoms with van der Waals surface area (Å²) in [6, 6.07) is 0. The molecule has 0 aromatic rings. The molecule has 0 aromatic heterocycles. The van der Waals surface area contributed by atoms with Crippen molar-refractivity contribution in [3.63, 3.8) is 0 Å². The van der Waals surface area contributed by atoms with Crippen molar-refractivity contribution in [1.82, 2.24) is 0 Å². The predicted molar refractivity (Wildman–Crippen MR) is 43.2 cm³/mol. The average molecular weight is 188 g/mol. The molecule has 0 bridgehead atoms. The summed E-state index contributed by atoms with van der Waals surface area (Å²) < 4.78 is 28.8. The number of carbonyl (C=O) groups excluding carboxylic acids is 1. The lowest BCUT2D eigenvalue weighted by atomic mass is 10.0. The SMILES string of the molecule is CC1(S(=O)(=O)O)C=CC(=O)C=C1. The topological polar surface area (TPSA) is 71.4 Å². The van der Waals surface area contributed by atoms with Crippen LogP contribution in [-0.2, 0) is 14.9 Å². The number of carbonyl (C=O) groups is 1. The molecule has 0 fully saturated rings. The first kappa shape index (κ1) is 9.15. The smallest absolute Gasteiger partial charge is 0.277 e. The Kier molecular flexibility index (Phi) is 1.93. The minimum atomic E-state index is -4.17. The Balaban J connectivity index is 3.14. The summed E-state index contributed by atoms with van der Waals surface area (Å²) in [4.78, 5) is 10.6. The highest BCUT2D eigenvalue weighted by atomic mass is 32.2. The van der Waals surface area contributed by atoms with Crippen LogP contribution in [0, 0.1) is 0 Å².